The van der Waals surface area contributed by atoms with Gasteiger partial charge in [-0.1, -0.05) is 0 Å². The number of aromatic nitrogens is 2. The van der Waals surface area contributed by atoms with Crippen molar-refractivity contribution in [3.05, 3.63) is 17.6 Å². The number of hydrogen-bond acceptors (Lipinski definition) is 4. The highest BCUT2D eigenvalue weighted by Crippen LogP contribution is 2.09. The van der Waals surface area contributed by atoms with E-state index in [4.69, 9.17) is 0 Å². The molecule has 0 spiro atoms. The van der Waals surface area contributed by atoms with Crippen molar-refractivity contribution in [2.24, 2.45) is 0 Å². The van der Waals surface area contributed by atoms with Crippen molar-refractivity contribution in [1.29, 1.82) is 0 Å². The van der Waals surface area contributed by atoms with Crippen LogP contribution in [0, 0.1) is 13.8 Å². The molecular formula is C14H26N4. The van der Waals surface area contributed by atoms with Gasteiger partial charge in [0.1, 0.15) is 5.82 Å². The third-order valence-electron chi connectivity index (χ3n) is 3.06. The van der Waals surface area contributed by atoms with Crippen molar-refractivity contribution in [2.45, 2.75) is 53.6 Å². The predicted molar refractivity (Wildman–Crippen MR) is 77.0 cm³/mol. The Balaban J connectivity index is 2.52. The van der Waals surface area contributed by atoms with Crippen LogP contribution in [0.2, 0.25) is 0 Å². The molecule has 1 rings (SSSR count). The quantitative estimate of drug-likeness (QED) is 0.842. The summed E-state index contributed by atoms with van der Waals surface area (Å²) in [5, 5.41) is 3.38. The Morgan fingerprint density at radius 2 is 1.78 bits per heavy atom. The summed E-state index contributed by atoms with van der Waals surface area (Å²) in [6.07, 6.45) is 1.80. The molecule has 0 atom stereocenters. The van der Waals surface area contributed by atoms with Crippen LogP contribution in [-0.2, 0) is 0 Å². The van der Waals surface area contributed by atoms with Gasteiger partial charge in [0, 0.05) is 31.4 Å². The first-order chi connectivity index (χ1) is 8.41. The summed E-state index contributed by atoms with van der Waals surface area (Å²) in [6.45, 7) is 14.8. The molecule has 0 aromatic carbocycles. The molecule has 0 aliphatic heterocycles. The summed E-state index contributed by atoms with van der Waals surface area (Å²) in [5.74, 6) is 0.905. The van der Waals surface area contributed by atoms with Crippen LogP contribution in [0.25, 0.3) is 0 Å². The molecule has 0 saturated carbocycles. The van der Waals surface area contributed by atoms with Crippen molar-refractivity contribution in [2.75, 3.05) is 18.4 Å². The summed E-state index contributed by atoms with van der Waals surface area (Å²) in [5.41, 5.74) is 1.91. The number of nitrogens with zero attached hydrogens (tertiary/aromatic N) is 3. The van der Waals surface area contributed by atoms with E-state index in [9.17, 15) is 0 Å². The van der Waals surface area contributed by atoms with Gasteiger partial charge in [0.25, 0.3) is 0 Å². The van der Waals surface area contributed by atoms with Gasteiger partial charge < -0.3 is 5.32 Å². The molecule has 0 saturated heterocycles. The third kappa shape index (κ3) is 4.26. The smallest absolute Gasteiger partial charge is 0.147 e. The van der Waals surface area contributed by atoms with Crippen molar-refractivity contribution in [3.63, 3.8) is 0 Å². The molecule has 4 nitrogen and oxygen atoms in total. The molecule has 0 aliphatic rings. The number of hydrogen-bond donors (Lipinski definition) is 1. The molecule has 102 valence electrons. The normalized spacial score (nSPS) is 11.6. The average molecular weight is 250 g/mol. The van der Waals surface area contributed by atoms with E-state index in [2.05, 4.69) is 47.9 Å². The molecule has 0 aliphatic carbocycles. The fourth-order valence-electron chi connectivity index (χ4n) is 2.12. The molecule has 1 aromatic rings. The first kappa shape index (κ1) is 14.9. The highest BCUT2D eigenvalue weighted by atomic mass is 15.2. The van der Waals surface area contributed by atoms with E-state index in [0.29, 0.717) is 12.1 Å². The van der Waals surface area contributed by atoms with E-state index < -0.39 is 0 Å². The lowest BCUT2D eigenvalue weighted by Crippen LogP contribution is -2.40. The van der Waals surface area contributed by atoms with Crippen molar-refractivity contribution in [3.8, 4) is 0 Å². The van der Waals surface area contributed by atoms with E-state index in [1.807, 2.05) is 13.8 Å². The number of aryl methyl sites for hydroxylation is 2. The molecule has 18 heavy (non-hydrogen) atoms. The highest BCUT2D eigenvalue weighted by molar-refractivity contribution is 5.39. The summed E-state index contributed by atoms with van der Waals surface area (Å²) in [4.78, 5) is 11.2. The molecule has 0 bridgehead atoms. The number of anilines is 1. The fraction of sp³-hybridized carbons (Fsp3) is 0.714. The monoisotopic (exact) mass is 250 g/mol. The molecule has 1 aromatic heterocycles. The van der Waals surface area contributed by atoms with Crippen LogP contribution < -0.4 is 5.32 Å². The Labute approximate surface area is 111 Å². The minimum atomic E-state index is 0.566. The molecular weight excluding hydrogens is 224 g/mol. The Morgan fingerprint density at radius 1 is 1.17 bits per heavy atom. The molecule has 0 fully saturated rings. The zero-order valence-electron chi connectivity index (χ0n) is 12.5. The zero-order valence-corrected chi connectivity index (χ0v) is 12.5. The standard InChI is InChI=1S/C14H26N4/c1-10(2)18(11(3)4)8-7-15-14-13(6)16-9-12(5)17-14/h9-11H,7-8H2,1-6H3,(H,15,17). The number of rotatable bonds is 6. The van der Waals surface area contributed by atoms with Crippen LogP contribution in [-0.4, -0.2) is 40.0 Å². The van der Waals surface area contributed by atoms with E-state index in [1.165, 1.54) is 0 Å². The first-order valence-electron chi connectivity index (χ1n) is 6.71. The molecule has 1 heterocycles. The lowest BCUT2D eigenvalue weighted by molar-refractivity contribution is 0.182. The Bertz CT molecular complexity index is 366. The van der Waals surface area contributed by atoms with Gasteiger partial charge in [-0.3, -0.25) is 9.88 Å². The van der Waals surface area contributed by atoms with Gasteiger partial charge in [0.05, 0.1) is 11.4 Å². The third-order valence-corrected chi connectivity index (χ3v) is 3.06. The van der Waals surface area contributed by atoms with Crippen molar-refractivity contribution in [1.82, 2.24) is 14.9 Å². The van der Waals surface area contributed by atoms with Crippen LogP contribution in [0.15, 0.2) is 6.20 Å². The SMILES string of the molecule is Cc1cnc(C)c(NCCN(C(C)C)C(C)C)n1. The maximum atomic E-state index is 4.47. The fourth-order valence-corrected chi connectivity index (χ4v) is 2.12. The minimum absolute atomic E-state index is 0.566. The molecule has 0 unspecified atom stereocenters. The highest BCUT2D eigenvalue weighted by Gasteiger charge is 2.12. The average Bonchev–Trinajstić information content (AvgIpc) is 2.27. The summed E-state index contributed by atoms with van der Waals surface area (Å²) in [6, 6.07) is 1.13. The van der Waals surface area contributed by atoms with E-state index in [-0.39, 0.29) is 0 Å². The summed E-state index contributed by atoms with van der Waals surface area (Å²) in [7, 11) is 0. The lowest BCUT2D eigenvalue weighted by atomic mass is 10.2. The first-order valence-corrected chi connectivity index (χ1v) is 6.71. The van der Waals surface area contributed by atoms with Gasteiger partial charge in [-0.05, 0) is 41.5 Å². The maximum Gasteiger partial charge on any atom is 0.147 e. The Morgan fingerprint density at radius 3 is 2.33 bits per heavy atom. The largest absolute Gasteiger partial charge is 0.367 e. The van der Waals surface area contributed by atoms with Crippen LogP contribution in [0.1, 0.15) is 39.1 Å². The Kier molecular flexibility index (Phi) is 5.54. The second-order valence-electron chi connectivity index (χ2n) is 5.30. The molecule has 0 radical (unpaired) electrons. The Hall–Kier alpha value is -1.16. The van der Waals surface area contributed by atoms with Gasteiger partial charge in [0.15, 0.2) is 0 Å². The van der Waals surface area contributed by atoms with Gasteiger partial charge in [-0.2, -0.15) is 0 Å². The maximum absolute atomic E-state index is 4.47. The van der Waals surface area contributed by atoms with Gasteiger partial charge >= 0.3 is 0 Å². The topological polar surface area (TPSA) is 41.1 Å². The van der Waals surface area contributed by atoms with Crippen LogP contribution in [0.5, 0.6) is 0 Å². The number of nitrogens with one attached hydrogen (secondary N) is 1. The van der Waals surface area contributed by atoms with Gasteiger partial charge in [-0.25, -0.2) is 4.98 Å². The van der Waals surface area contributed by atoms with E-state index >= 15 is 0 Å². The molecule has 4 heteroatoms. The van der Waals surface area contributed by atoms with Gasteiger partial charge in [-0.15, -0.1) is 0 Å². The van der Waals surface area contributed by atoms with Gasteiger partial charge in [0.2, 0.25) is 0 Å². The van der Waals surface area contributed by atoms with Crippen LogP contribution in [0.3, 0.4) is 0 Å². The molecule has 0 amide bonds. The summed E-state index contributed by atoms with van der Waals surface area (Å²) >= 11 is 0. The lowest BCUT2D eigenvalue weighted by Gasteiger charge is -2.30. The van der Waals surface area contributed by atoms with E-state index in [1.54, 1.807) is 6.20 Å². The predicted octanol–water partition coefficient (Wildman–Crippen LogP) is 2.62. The van der Waals surface area contributed by atoms with E-state index in [0.717, 1.165) is 30.3 Å². The van der Waals surface area contributed by atoms with Crippen LogP contribution >= 0.6 is 0 Å². The summed E-state index contributed by atoms with van der Waals surface area (Å²) < 4.78 is 0. The van der Waals surface area contributed by atoms with Crippen molar-refractivity contribution >= 4 is 5.82 Å². The molecule has 1 N–H and O–H groups in total. The second kappa shape index (κ2) is 6.69. The zero-order chi connectivity index (χ0) is 13.7. The van der Waals surface area contributed by atoms with Crippen molar-refractivity contribution < 1.29 is 0 Å². The van der Waals surface area contributed by atoms with Crippen LogP contribution in [0.4, 0.5) is 5.82 Å². The second-order valence-corrected chi connectivity index (χ2v) is 5.30. The minimum Gasteiger partial charge on any atom is -0.367 e.